The zero-order valence-electron chi connectivity index (χ0n) is 10.6. The highest BCUT2D eigenvalue weighted by Gasteiger charge is 2.11. The first kappa shape index (κ1) is 15.1. The number of carbonyl (C=O) groups is 2. The van der Waals surface area contributed by atoms with Crippen LogP contribution < -0.4 is 5.32 Å². The molecule has 0 aliphatic carbocycles. The molecule has 2 N–H and O–H groups in total. The quantitative estimate of drug-likeness (QED) is 0.841. The molecule has 0 atom stereocenters. The number of halogens is 2. The first-order valence-electron chi connectivity index (χ1n) is 5.84. The monoisotopic (exact) mass is 356 g/mol. The van der Waals surface area contributed by atoms with Crippen molar-refractivity contribution in [3.05, 3.63) is 45.9 Å². The number of nitrogens with zero attached hydrogens (tertiary/aromatic N) is 3. The summed E-state index contributed by atoms with van der Waals surface area (Å²) in [6.07, 6.45) is 1.27. The van der Waals surface area contributed by atoms with Crippen LogP contribution >= 0.6 is 15.9 Å². The number of amides is 1. The molecule has 1 aromatic heterocycles. The van der Waals surface area contributed by atoms with Crippen molar-refractivity contribution in [2.45, 2.75) is 6.54 Å². The molecule has 1 heterocycles. The summed E-state index contributed by atoms with van der Waals surface area (Å²) in [5.41, 5.74) is 0.142. The van der Waals surface area contributed by atoms with E-state index in [0.717, 1.165) is 0 Å². The number of rotatable bonds is 5. The van der Waals surface area contributed by atoms with Crippen LogP contribution in [0.15, 0.2) is 28.9 Å². The molecule has 110 valence electrons. The van der Waals surface area contributed by atoms with Gasteiger partial charge in [-0.05, 0) is 34.1 Å². The van der Waals surface area contributed by atoms with Gasteiger partial charge in [-0.1, -0.05) is 5.21 Å². The Morgan fingerprint density at radius 2 is 2.19 bits per heavy atom. The number of carbonyl (C=O) groups excluding carboxylic acids is 1. The van der Waals surface area contributed by atoms with Crippen LogP contribution in [0.1, 0.15) is 20.8 Å². The average Bonchev–Trinajstić information content (AvgIpc) is 2.87. The number of aromatic nitrogens is 3. The predicted molar refractivity (Wildman–Crippen MR) is 73.4 cm³/mol. The highest BCUT2D eigenvalue weighted by molar-refractivity contribution is 9.10. The normalized spacial score (nSPS) is 10.4. The minimum Gasteiger partial charge on any atom is -0.476 e. The van der Waals surface area contributed by atoms with Crippen molar-refractivity contribution in [1.82, 2.24) is 20.3 Å². The van der Waals surface area contributed by atoms with Gasteiger partial charge >= 0.3 is 5.97 Å². The van der Waals surface area contributed by atoms with Crippen molar-refractivity contribution >= 4 is 27.8 Å². The molecule has 2 aromatic rings. The van der Waals surface area contributed by atoms with Crippen LogP contribution in [-0.2, 0) is 6.54 Å². The van der Waals surface area contributed by atoms with Gasteiger partial charge < -0.3 is 10.4 Å². The maximum absolute atomic E-state index is 12.9. The van der Waals surface area contributed by atoms with Crippen molar-refractivity contribution in [3.8, 4) is 0 Å². The van der Waals surface area contributed by atoms with E-state index in [1.165, 1.54) is 29.1 Å². The van der Waals surface area contributed by atoms with Gasteiger partial charge in [0.1, 0.15) is 5.82 Å². The number of carboxylic acids is 1. The molecule has 0 fully saturated rings. The molecule has 0 unspecified atom stereocenters. The first-order chi connectivity index (χ1) is 9.97. The molecule has 0 spiro atoms. The van der Waals surface area contributed by atoms with Gasteiger partial charge in [-0.15, -0.1) is 5.10 Å². The van der Waals surface area contributed by atoms with Crippen LogP contribution in [0.3, 0.4) is 0 Å². The number of aromatic carboxylic acids is 1. The predicted octanol–water partition coefficient (Wildman–Crippen LogP) is 1.31. The van der Waals surface area contributed by atoms with Crippen LogP contribution in [0.2, 0.25) is 0 Å². The summed E-state index contributed by atoms with van der Waals surface area (Å²) in [4.78, 5) is 22.5. The van der Waals surface area contributed by atoms with E-state index < -0.39 is 11.8 Å². The minimum absolute atomic E-state index is 0.164. The summed E-state index contributed by atoms with van der Waals surface area (Å²) in [5, 5.41) is 18.4. The second kappa shape index (κ2) is 6.44. The topological polar surface area (TPSA) is 97.1 Å². The lowest BCUT2D eigenvalue weighted by molar-refractivity contribution is 0.0690. The molecule has 2 rings (SSSR count). The zero-order valence-corrected chi connectivity index (χ0v) is 12.2. The fraction of sp³-hybridized carbons (Fsp3) is 0.167. The number of hydrogen-bond donors (Lipinski definition) is 2. The van der Waals surface area contributed by atoms with Gasteiger partial charge in [0.15, 0.2) is 5.69 Å². The van der Waals surface area contributed by atoms with Gasteiger partial charge in [-0.3, -0.25) is 4.79 Å². The molecule has 0 saturated carbocycles. The third-order valence-electron chi connectivity index (χ3n) is 2.56. The molecule has 0 radical (unpaired) electrons. The Labute approximate surface area is 126 Å². The lowest BCUT2D eigenvalue weighted by Crippen LogP contribution is -2.27. The van der Waals surface area contributed by atoms with Gasteiger partial charge in [0.05, 0.1) is 18.3 Å². The van der Waals surface area contributed by atoms with Crippen molar-refractivity contribution in [3.63, 3.8) is 0 Å². The minimum atomic E-state index is -1.17. The number of carboxylic acid groups (broad SMARTS) is 1. The fourth-order valence-electron chi connectivity index (χ4n) is 1.56. The summed E-state index contributed by atoms with van der Waals surface area (Å²) in [6, 6.07) is 3.76. The van der Waals surface area contributed by atoms with Crippen molar-refractivity contribution in [2.75, 3.05) is 6.54 Å². The Morgan fingerprint density at radius 1 is 1.43 bits per heavy atom. The third kappa shape index (κ3) is 3.85. The maximum atomic E-state index is 12.9. The number of nitrogens with one attached hydrogen (secondary N) is 1. The number of hydrogen-bond acceptors (Lipinski definition) is 4. The van der Waals surface area contributed by atoms with Crippen molar-refractivity contribution < 1.29 is 19.1 Å². The molecule has 7 nitrogen and oxygen atoms in total. The number of benzene rings is 1. The average molecular weight is 357 g/mol. The molecule has 0 aliphatic rings. The SMILES string of the molecule is O=C(O)c1cn(CCNC(=O)c2ccc(F)cc2Br)nn1. The van der Waals surface area contributed by atoms with Crippen molar-refractivity contribution in [1.29, 1.82) is 0 Å². The fourth-order valence-corrected chi connectivity index (χ4v) is 2.09. The lowest BCUT2D eigenvalue weighted by atomic mass is 10.2. The van der Waals surface area contributed by atoms with Crippen LogP contribution in [0.25, 0.3) is 0 Å². The van der Waals surface area contributed by atoms with Crippen LogP contribution in [0, 0.1) is 5.82 Å². The van der Waals surface area contributed by atoms with Gasteiger partial charge in [-0.2, -0.15) is 0 Å². The van der Waals surface area contributed by atoms with Gasteiger partial charge in [0, 0.05) is 11.0 Å². The Morgan fingerprint density at radius 3 is 2.81 bits per heavy atom. The Kier molecular flexibility index (Phi) is 4.63. The van der Waals surface area contributed by atoms with E-state index >= 15 is 0 Å². The van der Waals surface area contributed by atoms with E-state index in [0.29, 0.717) is 10.0 Å². The van der Waals surface area contributed by atoms with Gasteiger partial charge in [-0.25, -0.2) is 13.9 Å². The molecule has 1 aromatic carbocycles. The zero-order chi connectivity index (χ0) is 15.4. The van der Waals surface area contributed by atoms with E-state index in [-0.39, 0.29) is 24.7 Å². The Balaban J connectivity index is 1.90. The maximum Gasteiger partial charge on any atom is 0.358 e. The second-order valence-electron chi connectivity index (χ2n) is 4.05. The molecule has 9 heteroatoms. The highest BCUT2D eigenvalue weighted by Crippen LogP contribution is 2.17. The van der Waals surface area contributed by atoms with E-state index in [1.807, 2.05) is 0 Å². The Bertz CT molecular complexity index is 689. The van der Waals surface area contributed by atoms with Crippen molar-refractivity contribution in [2.24, 2.45) is 0 Å². The summed E-state index contributed by atoms with van der Waals surface area (Å²) in [6.45, 7) is 0.496. The van der Waals surface area contributed by atoms with E-state index in [4.69, 9.17) is 5.11 Å². The van der Waals surface area contributed by atoms with Gasteiger partial charge in [0.2, 0.25) is 0 Å². The van der Waals surface area contributed by atoms with E-state index in [1.54, 1.807) is 0 Å². The first-order valence-corrected chi connectivity index (χ1v) is 6.63. The molecule has 0 aliphatic heterocycles. The van der Waals surface area contributed by atoms with Crippen LogP contribution in [0.4, 0.5) is 4.39 Å². The highest BCUT2D eigenvalue weighted by atomic mass is 79.9. The smallest absolute Gasteiger partial charge is 0.358 e. The van der Waals surface area contributed by atoms with Gasteiger partial charge in [0.25, 0.3) is 5.91 Å². The third-order valence-corrected chi connectivity index (χ3v) is 3.22. The standard InChI is InChI=1S/C12H10BrFN4O3/c13-9-5-7(14)1-2-8(9)11(19)15-3-4-18-6-10(12(20)21)16-17-18/h1-2,5-6H,3-4H2,(H,15,19)(H,20,21). The summed E-state index contributed by atoms with van der Waals surface area (Å²) >= 11 is 3.11. The van der Waals surface area contributed by atoms with E-state index in [2.05, 4.69) is 31.6 Å². The van der Waals surface area contributed by atoms with Crippen LogP contribution in [-0.4, -0.2) is 38.5 Å². The molecule has 1 amide bonds. The molecule has 0 saturated heterocycles. The van der Waals surface area contributed by atoms with Crippen LogP contribution in [0.5, 0.6) is 0 Å². The summed E-state index contributed by atoms with van der Waals surface area (Å²) < 4.78 is 14.6. The molecular weight excluding hydrogens is 347 g/mol. The van der Waals surface area contributed by atoms with E-state index in [9.17, 15) is 14.0 Å². The lowest BCUT2D eigenvalue weighted by Gasteiger charge is -2.06. The second-order valence-corrected chi connectivity index (χ2v) is 4.91. The Hall–Kier alpha value is -2.29. The molecular formula is C12H10BrFN4O3. The summed E-state index contributed by atoms with van der Waals surface area (Å²) in [5.74, 6) is -1.98. The largest absolute Gasteiger partial charge is 0.476 e. The summed E-state index contributed by atoms with van der Waals surface area (Å²) in [7, 11) is 0. The molecule has 21 heavy (non-hydrogen) atoms. The molecule has 0 bridgehead atoms.